The van der Waals surface area contributed by atoms with Crippen molar-refractivity contribution in [1.29, 1.82) is 0 Å². The van der Waals surface area contributed by atoms with Gasteiger partial charge < -0.3 is 25.8 Å². The Morgan fingerprint density at radius 3 is 0.918 bits per heavy atom. The Balaban J connectivity index is 0.000000445. The monoisotopic (exact) mass is 1470 g/mol. The standard InChI is InChI=1S/C77H50O9S.C9H11NO2.C7H14N2O2/c78-67(51-31-11-1-12-32-51)61-62(68(79)52-33-13-2-14-34-52)64(70(81)54-37-17-4-18-38-54)66(72(83)56-41-21-6-22-42-56)75(73(84)57-43-23-7-24-44-57)87(76(85)59-47-27-9-28-48-59,77(86)60-49-29-10-30-50-60)74(58-45-25-8-26-46-58)65(71(82)55-39-19-5-20-40-55)63(61)69(80)53-35-15-3-16-36-53;10-8(9(11)12)6-7-4-2-1-3-5-7;1-2-11-7(10)9-5-3-8-4-6-9/h1-50H;1-5,8H,6,10H2,(H,11,12);8H,2-6H2,1H3/t;8-;/m.0./s1. The fourth-order valence-electron chi connectivity index (χ4n) is 12.7. The highest BCUT2D eigenvalue weighted by molar-refractivity contribution is 8.65. The van der Waals surface area contributed by atoms with Gasteiger partial charge in [0.05, 0.1) is 17.1 Å². The number of nitrogens with zero attached hydrogens (tertiary/aromatic N) is 1. The third-order valence-corrected chi connectivity index (χ3v) is 21.6. The molecule has 0 radical (unpaired) electrons. The number of Topliss-reactive ketones (excluding diaryl/α,β-unsaturated/α-hetero) is 7. The second kappa shape index (κ2) is 37.1. The van der Waals surface area contributed by atoms with Crippen LogP contribution in [0.3, 0.4) is 0 Å². The second-order valence-corrected chi connectivity index (χ2v) is 27.9. The van der Waals surface area contributed by atoms with Gasteiger partial charge in [-0.25, -0.2) is 4.79 Å². The van der Waals surface area contributed by atoms with E-state index >= 15 is 43.2 Å². The summed E-state index contributed by atoms with van der Waals surface area (Å²) in [5.41, 5.74) is -0.453. The number of ether oxygens (including phenoxy) is 1. The minimum absolute atomic E-state index is 0.0798. The zero-order valence-electron chi connectivity index (χ0n) is 59.9. The van der Waals surface area contributed by atoms with Crippen molar-refractivity contribution in [3.8, 4) is 0 Å². The first-order valence-corrected chi connectivity index (χ1v) is 37.1. The van der Waals surface area contributed by atoms with E-state index in [1.54, 1.807) is 163 Å². The molecule has 2 aliphatic rings. The predicted octanol–water partition coefficient (Wildman–Crippen LogP) is 16.6. The number of benzene rings is 11. The third-order valence-electron chi connectivity index (χ3n) is 18.0. The SMILES string of the molecule is CCOC(=O)N1CCNCC1.N[C@@H](Cc1ccccc1)C(=O)O.O=C(C1=C(C(=O)c2ccccc2)C(C(=O)c2ccccc2)=C(C(=O)c2ccccc2)S(C(=O)c2ccccc2)(C(=O)c2ccccc2)C(c2ccccc2)=C(C(=O)c2ccccc2)C(C(=O)c2ccccc2)=C1C(=O)c1ccccc1)c1ccccc1. The number of ketones is 7. The van der Waals surface area contributed by atoms with Crippen LogP contribution in [-0.4, -0.2) is 112 Å². The topological polar surface area (TPSA) is 259 Å². The number of carboxylic acid groups (broad SMARTS) is 1. The molecule has 11 aromatic carbocycles. The smallest absolute Gasteiger partial charge is 0.409 e. The van der Waals surface area contributed by atoms with Crippen LogP contribution in [0, 0.1) is 0 Å². The van der Waals surface area contributed by atoms with E-state index in [-0.39, 0.29) is 61.7 Å². The van der Waals surface area contributed by atoms with Gasteiger partial charge in [0, 0.05) is 109 Å². The average molecular weight is 1470 g/mol. The average Bonchev–Trinajstić information content (AvgIpc) is 1.33. The van der Waals surface area contributed by atoms with Crippen LogP contribution in [0.4, 0.5) is 4.79 Å². The highest BCUT2D eigenvalue weighted by atomic mass is 32.3. The summed E-state index contributed by atoms with van der Waals surface area (Å²) in [6.07, 6.45) is 0.199. The molecule has 2 aliphatic heterocycles. The van der Waals surface area contributed by atoms with Gasteiger partial charge in [-0.1, -0.05) is 344 Å². The molecule has 546 valence electrons. The molecule has 0 aliphatic carbocycles. The summed E-state index contributed by atoms with van der Waals surface area (Å²) in [5.74, 6) is -8.70. The van der Waals surface area contributed by atoms with Crippen LogP contribution in [0.25, 0.3) is 4.91 Å². The van der Waals surface area contributed by atoms with Crippen molar-refractivity contribution in [2.45, 2.75) is 19.4 Å². The van der Waals surface area contributed by atoms with Crippen LogP contribution in [0.1, 0.15) is 111 Å². The minimum Gasteiger partial charge on any atom is -0.480 e. The van der Waals surface area contributed by atoms with Crippen molar-refractivity contribution in [2.24, 2.45) is 5.73 Å². The molecule has 1 atom stereocenters. The zero-order valence-corrected chi connectivity index (χ0v) is 60.7. The van der Waals surface area contributed by atoms with E-state index in [0.717, 1.165) is 31.7 Å². The van der Waals surface area contributed by atoms with E-state index in [9.17, 15) is 9.59 Å². The lowest BCUT2D eigenvalue weighted by Gasteiger charge is -2.42. The van der Waals surface area contributed by atoms with Crippen LogP contribution in [-0.2, 0) is 16.0 Å². The number of carboxylic acids is 1. The Morgan fingerprint density at radius 1 is 0.355 bits per heavy atom. The van der Waals surface area contributed by atoms with E-state index in [1.807, 2.05) is 37.3 Å². The highest BCUT2D eigenvalue weighted by Crippen LogP contribution is 2.73. The van der Waals surface area contributed by atoms with Crippen LogP contribution in [0.2, 0.25) is 0 Å². The molecule has 0 bridgehead atoms. The van der Waals surface area contributed by atoms with E-state index < -0.39 is 116 Å². The van der Waals surface area contributed by atoms with Gasteiger partial charge in [0.1, 0.15) is 6.04 Å². The molecular weight excluding hydrogens is 1400 g/mol. The van der Waals surface area contributed by atoms with Crippen molar-refractivity contribution < 1.29 is 62.6 Å². The number of nitrogens with one attached hydrogen (secondary N) is 1. The molecule has 110 heavy (non-hydrogen) atoms. The van der Waals surface area contributed by atoms with Crippen molar-refractivity contribution >= 4 is 77.7 Å². The van der Waals surface area contributed by atoms with Crippen molar-refractivity contribution in [1.82, 2.24) is 10.2 Å². The van der Waals surface area contributed by atoms with Crippen LogP contribution in [0.5, 0.6) is 0 Å². The Kier molecular flexibility index (Phi) is 26.1. The summed E-state index contributed by atoms with van der Waals surface area (Å²) in [4.78, 5) is 178. The van der Waals surface area contributed by atoms with E-state index in [4.69, 9.17) is 15.6 Å². The maximum Gasteiger partial charge on any atom is 0.409 e. The number of amides is 1. The fraction of sp³-hybridized carbons (Fsp3) is 0.0860. The zero-order chi connectivity index (χ0) is 77.5. The Hall–Kier alpha value is -13.6. The highest BCUT2D eigenvalue weighted by Gasteiger charge is 2.57. The normalized spacial score (nSPS) is 13.9. The van der Waals surface area contributed by atoms with Gasteiger partial charge in [0.2, 0.25) is 10.2 Å². The molecule has 13 rings (SSSR count). The Morgan fingerprint density at radius 2 is 0.609 bits per heavy atom. The molecule has 0 aromatic heterocycles. The number of carbonyl (C=O) groups excluding carboxylic acids is 10. The largest absolute Gasteiger partial charge is 0.480 e. The number of hydrogen-bond acceptors (Lipinski definition) is 14. The van der Waals surface area contributed by atoms with Crippen LogP contribution in [0.15, 0.2) is 372 Å². The molecule has 17 heteroatoms. The van der Waals surface area contributed by atoms with Crippen molar-refractivity contribution in [3.63, 3.8) is 0 Å². The van der Waals surface area contributed by atoms with E-state index in [1.165, 1.54) is 146 Å². The van der Waals surface area contributed by atoms with Gasteiger partial charge in [-0.3, -0.25) is 47.9 Å². The van der Waals surface area contributed by atoms with Crippen molar-refractivity contribution in [3.05, 3.63) is 433 Å². The Bertz CT molecular complexity index is 5280. The molecule has 1 fully saturated rings. The van der Waals surface area contributed by atoms with Gasteiger partial charge in [0.25, 0.3) is 0 Å². The van der Waals surface area contributed by atoms with Gasteiger partial charge in [-0.05, 0) is 24.5 Å². The number of aliphatic carboxylic acids is 1. The van der Waals surface area contributed by atoms with Crippen molar-refractivity contribution in [2.75, 3.05) is 32.8 Å². The molecule has 1 saturated heterocycles. The molecular formula is C93H75N3O13S. The van der Waals surface area contributed by atoms with E-state index in [0.29, 0.717) is 13.0 Å². The summed E-state index contributed by atoms with van der Waals surface area (Å²) >= 11 is 0. The molecule has 0 unspecified atom stereocenters. The lowest BCUT2D eigenvalue weighted by Crippen LogP contribution is -2.46. The van der Waals surface area contributed by atoms with Gasteiger partial charge >= 0.3 is 12.1 Å². The van der Waals surface area contributed by atoms with Crippen LogP contribution < -0.4 is 11.1 Å². The minimum atomic E-state index is -5.16. The second-order valence-electron chi connectivity index (χ2n) is 25.1. The Labute approximate surface area is 637 Å². The lowest BCUT2D eigenvalue weighted by molar-refractivity contribution is -0.138. The number of hydrogen-bond donors (Lipinski definition) is 3. The maximum absolute atomic E-state index is 17.9. The third kappa shape index (κ3) is 17.4. The van der Waals surface area contributed by atoms with Gasteiger partial charge in [-0.15, -0.1) is 0 Å². The number of allylic oxidation sites excluding steroid dienone is 7. The number of piperazine rings is 1. The molecule has 16 nitrogen and oxygen atoms in total. The summed E-state index contributed by atoms with van der Waals surface area (Å²) < 4.78 is 4.84. The molecule has 0 spiro atoms. The quantitative estimate of drug-likeness (QED) is 0.0565. The first kappa shape index (κ1) is 77.5. The summed E-state index contributed by atoms with van der Waals surface area (Å²) in [5, 5.41) is 9.46. The first-order valence-electron chi connectivity index (χ1n) is 35.4. The summed E-state index contributed by atoms with van der Waals surface area (Å²) in [7, 11) is -5.16. The number of nitrogens with two attached hydrogens (primary N) is 1. The molecule has 11 aromatic rings. The van der Waals surface area contributed by atoms with Crippen LogP contribution >= 0.6 is 10.0 Å². The molecule has 1 amide bonds. The lowest BCUT2D eigenvalue weighted by atomic mass is 9.75. The number of carbonyl (C=O) groups is 11. The van der Waals surface area contributed by atoms with Gasteiger partial charge in [-0.2, -0.15) is 0 Å². The summed E-state index contributed by atoms with van der Waals surface area (Å²) in [6.45, 7) is 5.55. The first-order chi connectivity index (χ1) is 53.6. The van der Waals surface area contributed by atoms with Gasteiger partial charge in [0.15, 0.2) is 40.5 Å². The predicted molar refractivity (Wildman–Crippen MR) is 426 cm³/mol. The fourth-order valence-corrected chi connectivity index (χ4v) is 16.7. The van der Waals surface area contributed by atoms with E-state index in [2.05, 4.69) is 5.32 Å². The molecule has 4 N–H and O–H groups in total. The number of rotatable bonds is 21. The molecule has 2 heterocycles. The maximum atomic E-state index is 17.9. The summed E-state index contributed by atoms with van der Waals surface area (Å²) in [6, 6.07) is 84.7. The molecule has 0 saturated carbocycles.